The van der Waals surface area contributed by atoms with Crippen molar-refractivity contribution in [3.63, 3.8) is 0 Å². The molecule has 0 radical (unpaired) electrons. The molecule has 128 valence electrons. The molecule has 0 unspecified atom stereocenters. The Bertz CT molecular complexity index is 1010. The molecule has 2 aromatic carbocycles. The Kier molecular flexibility index (Phi) is 4.13. The zero-order valence-corrected chi connectivity index (χ0v) is 13.9. The number of benzene rings is 2. The number of allylic oxidation sites excluding steroid dienone is 1. The Morgan fingerprint density at radius 3 is 2.48 bits per heavy atom. The largest absolute Gasteiger partial charge is 0.321 e. The first kappa shape index (κ1) is 16.8. The third-order valence-corrected chi connectivity index (χ3v) is 4.12. The van der Waals surface area contributed by atoms with Crippen molar-refractivity contribution in [3.05, 3.63) is 65.5 Å². The molecule has 1 aliphatic rings. The van der Waals surface area contributed by atoms with Crippen LogP contribution in [0.25, 0.3) is 5.57 Å². The van der Waals surface area contributed by atoms with Crippen molar-refractivity contribution in [1.29, 1.82) is 0 Å². The van der Waals surface area contributed by atoms with Crippen LogP contribution in [0.2, 0.25) is 0 Å². The van der Waals surface area contributed by atoms with E-state index >= 15 is 0 Å². The van der Waals surface area contributed by atoms with Crippen LogP contribution in [0.3, 0.4) is 0 Å². The average Bonchev–Trinajstić information content (AvgIpc) is 2.82. The summed E-state index contributed by atoms with van der Waals surface area (Å²) in [6, 6.07) is 9.59. The van der Waals surface area contributed by atoms with Gasteiger partial charge in [0.15, 0.2) is 5.78 Å². The van der Waals surface area contributed by atoms with Gasteiger partial charge in [0.25, 0.3) is 5.91 Å². The third-order valence-electron chi connectivity index (χ3n) is 3.51. The number of hydrogen-bond donors (Lipinski definition) is 2. The lowest BCUT2D eigenvalue weighted by Gasteiger charge is -2.04. The number of amides is 1. The molecule has 0 aliphatic carbocycles. The highest BCUT2D eigenvalue weighted by Gasteiger charge is 2.25. The van der Waals surface area contributed by atoms with E-state index in [1.165, 1.54) is 42.5 Å². The summed E-state index contributed by atoms with van der Waals surface area (Å²) in [5, 5.41) is 2.56. The molecule has 1 heterocycles. The van der Waals surface area contributed by atoms with Crippen LogP contribution in [0.5, 0.6) is 0 Å². The fourth-order valence-electron chi connectivity index (χ4n) is 2.43. The third kappa shape index (κ3) is 3.74. The molecule has 0 saturated heterocycles. The van der Waals surface area contributed by atoms with Gasteiger partial charge in [-0.2, -0.15) is 0 Å². The second-order valence-corrected chi connectivity index (χ2v) is 7.27. The Morgan fingerprint density at radius 2 is 1.84 bits per heavy atom. The van der Waals surface area contributed by atoms with Crippen LogP contribution < -0.4 is 10.0 Å². The van der Waals surface area contributed by atoms with Gasteiger partial charge in [-0.25, -0.2) is 12.8 Å². The fraction of sp³-hybridized carbons (Fsp3) is 0.0588. The highest BCUT2D eigenvalue weighted by atomic mass is 32.2. The lowest BCUT2D eigenvalue weighted by Crippen LogP contribution is -2.09. The molecule has 25 heavy (non-hydrogen) atoms. The van der Waals surface area contributed by atoms with E-state index in [0.717, 1.165) is 12.3 Å². The maximum Gasteiger partial charge on any atom is 0.256 e. The molecule has 6 nitrogen and oxygen atoms in total. The predicted octanol–water partition coefficient (Wildman–Crippen LogP) is 2.42. The zero-order valence-electron chi connectivity index (χ0n) is 13.0. The van der Waals surface area contributed by atoms with Gasteiger partial charge in [0.05, 0.1) is 11.8 Å². The van der Waals surface area contributed by atoms with Crippen LogP contribution in [-0.4, -0.2) is 26.4 Å². The van der Waals surface area contributed by atoms with Gasteiger partial charge in [-0.05, 0) is 48.5 Å². The number of fused-ring (bicyclic) bond motifs is 1. The van der Waals surface area contributed by atoms with Crippen LogP contribution >= 0.6 is 0 Å². The second kappa shape index (κ2) is 6.14. The van der Waals surface area contributed by atoms with Gasteiger partial charge in [-0.1, -0.05) is 0 Å². The maximum atomic E-state index is 13.4. The van der Waals surface area contributed by atoms with Gasteiger partial charge >= 0.3 is 0 Å². The van der Waals surface area contributed by atoms with Crippen LogP contribution in [0.1, 0.15) is 15.9 Å². The molecule has 2 N–H and O–H groups in total. The number of ketones is 1. The van der Waals surface area contributed by atoms with Crippen molar-refractivity contribution in [2.24, 2.45) is 0 Å². The normalized spacial score (nSPS) is 15.0. The molecule has 0 spiro atoms. The van der Waals surface area contributed by atoms with Crippen molar-refractivity contribution < 1.29 is 22.4 Å². The fourth-order valence-corrected chi connectivity index (χ4v) is 3.00. The van der Waals surface area contributed by atoms with E-state index in [4.69, 9.17) is 0 Å². The first-order chi connectivity index (χ1) is 11.7. The van der Waals surface area contributed by atoms with Crippen molar-refractivity contribution in [2.75, 3.05) is 16.3 Å². The molecule has 0 aromatic heterocycles. The molecular weight excluding hydrogens is 347 g/mol. The number of carbonyl (C=O) groups is 2. The summed E-state index contributed by atoms with van der Waals surface area (Å²) >= 11 is 0. The monoisotopic (exact) mass is 360 g/mol. The van der Waals surface area contributed by atoms with E-state index in [1.54, 1.807) is 0 Å². The van der Waals surface area contributed by atoms with Crippen molar-refractivity contribution in [2.45, 2.75) is 0 Å². The van der Waals surface area contributed by atoms with E-state index in [-0.39, 0.29) is 11.1 Å². The summed E-state index contributed by atoms with van der Waals surface area (Å²) in [6.45, 7) is 0. The minimum atomic E-state index is -3.41. The van der Waals surface area contributed by atoms with Crippen LogP contribution in [0.4, 0.5) is 15.8 Å². The molecule has 0 atom stereocenters. The smallest absolute Gasteiger partial charge is 0.256 e. The number of hydrogen-bond acceptors (Lipinski definition) is 4. The summed E-state index contributed by atoms with van der Waals surface area (Å²) in [4.78, 5) is 24.3. The van der Waals surface area contributed by atoms with Gasteiger partial charge in [0, 0.05) is 22.5 Å². The van der Waals surface area contributed by atoms with Gasteiger partial charge in [0.2, 0.25) is 10.0 Å². The van der Waals surface area contributed by atoms with Crippen LogP contribution in [0.15, 0.2) is 48.5 Å². The summed E-state index contributed by atoms with van der Waals surface area (Å²) in [6.07, 6.45) is 2.16. The van der Waals surface area contributed by atoms with Crippen molar-refractivity contribution in [3.8, 4) is 0 Å². The number of halogens is 1. The maximum absolute atomic E-state index is 13.4. The molecule has 1 amide bonds. The Hall–Kier alpha value is -3.00. The number of nitrogens with one attached hydrogen (secondary N) is 2. The summed E-state index contributed by atoms with van der Waals surface area (Å²) in [5.74, 6) is -1.44. The zero-order chi connectivity index (χ0) is 18.2. The SMILES string of the molecule is CS(=O)(=O)Nc1ccc(C(=O)/C=C2/C(=O)Nc3ccc(F)cc32)cc1. The molecular formula is C17H13FN2O4S. The van der Waals surface area contributed by atoms with Gasteiger partial charge in [-0.15, -0.1) is 0 Å². The van der Waals surface area contributed by atoms with Gasteiger partial charge < -0.3 is 5.32 Å². The van der Waals surface area contributed by atoms with E-state index < -0.39 is 27.5 Å². The highest BCUT2D eigenvalue weighted by Crippen LogP contribution is 2.32. The molecule has 0 saturated carbocycles. The second-order valence-electron chi connectivity index (χ2n) is 5.52. The minimum absolute atomic E-state index is 0.0813. The molecule has 2 aromatic rings. The first-order valence-electron chi connectivity index (χ1n) is 7.18. The lowest BCUT2D eigenvalue weighted by molar-refractivity contribution is -0.110. The molecule has 3 rings (SSSR count). The topological polar surface area (TPSA) is 92.3 Å². The summed E-state index contributed by atoms with van der Waals surface area (Å²) in [7, 11) is -3.41. The molecule has 1 aliphatic heterocycles. The number of sulfonamides is 1. The molecule has 0 bridgehead atoms. The quantitative estimate of drug-likeness (QED) is 0.647. The molecule has 0 fully saturated rings. The minimum Gasteiger partial charge on any atom is -0.321 e. The van der Waals surface area contributed by atoms with E-state index in [1.807, 2.05) is 0 Å². The number of anilines is 2. The Balaban J connectivity index is 1.88. The lowest BCUT2D eigenvalue weighted by atomic mass is 10.0. The van der Waals surface area contributed by atoms with Crippen LogP contribution in [-0.2, 0) is 14.8 Å². The number of rotatable bonds is 4. The predicted molar refractivity (Wildman–Crippen MR) is 92.2 cm³/mol. The van der Waals surface area contributed by atoms with Crippen molar-refractivity contribution in [1.82, 2.24) is 0 Å². The van der Waals surface area contributed by atoms with Crippen molar-refractivity contribution >= 4 is 38.7 Å². The number of carbonyl (C=O) groups excluding carboxylic acids is 2. The molecule has 8 heteroatoms. The Labute approximate surface area is 143 Å². The Morgan fingerprint density at radius 1 is 1.16 bits per heavy atom. The summed E-state index contributed by atoms with van der Waals surface area (Å²) in [5.41, 5.74) is 1.44. The standard InChI is InChI=1S/C17H13FN2O4S/c1-25(23,24)20-12-5-2-10(3-6-12)16(21)9-14-13-8-11(18)4-7-15(13)19-17(14)22/h2-9,20H,1H3,(H,19,22)/b14-9+. The van der Waals surface area contributed by atoms with Crippen LogP contribution in [0, 0.1) is 5.82 Å². The van der Waals surface area contributed by atoms with E-state index in [2.05, 4.69) is 10.0 Å². The average molecular weight is 360 g/mol. The highest BCUT2D eigenvalue weighted by molar-refractivity contribution is 7.92. The van der Waals surface area contributed by atoms with E-state index in [0.29, 0.717) is 16.9 Å². The summed E-state index contributed by atoms with van der Waals surface area (Å²) < 4.78 is 38.0. The van der Waals surface area contributed by atoms with Gasteiger partial charge in [-0.3, -0.25) is 14.3 Å². The van der Waals surface area contributed by atoms with Gasteiger partial charge in [0.1, 0.15) is 5.82 Å². The first-order valence-corrected chi connectivity index (χ1v) is 9.07. The van der Waals surface area contributed by atoms with E-state index in [9.17, 15) is 22.4 Å².